The summed E-state index contributed by atoms with van der Waals surface area (Å²) in [6.07, 6.45) is 0.475. The predicted molar refractivity (Wildman–Crippen MR) is 350 cm³/mol. The summed E-state index contributed by atoms with van der Waals surface area (Å²) >= 11 is 1.47. The standard InChI is InChI=1S/C65H103N13O12S/c1-15-41(9)54(49(88-13)37-50(79)78-33-21-25-48(78)55(89-14)42(10)57(80)73-47(61-69-32-35-91-61)36-43-22-18-17-19-23-43)75(11)62(84)52(39(5)6)74-60(83)53(40(7)8)76(12)65(87)90-56(63(85)77(16-2)34-30-66)44-26-28-45(29-27-44)71-58(81)46(24-20-31-70-64(68)86)72-59(82)51(67)38(3)4/h17-19,22-23,26-29,32,35,38-42,46-49,51-56H,15-16,20-21,24-25,30-31,33-34,36-37,66-67H2,1-14H3,(H,71,81)(H,72,82)(H,73,80)(H,74,83)(H3,68,70,86)/t41-,42+,46-,47?,48-,49+,51-,52-,53-,54-,55+,56?/m0/s1. The zero-order valence-electron chi connectivity index (χ0n) is 55.8. The highest BCUT2D eigenvalue weighted by molar-refractivity contribution is 7.09. The molecule has 26 heteroatoms. The van der Waals surface area contributed by atoms with E-state index < -0.39 is 114 Å². The molecular formula is C65H103N13O12S. The molecule has 10 amide bonds. The number of aromatic nitrogens is 1. The number of carbonyl (C=O) groups is 9. The van der Waals surface area contributed by atoms with Crippen LogP contribution in [0.2, 0.25) is 0 Å². The monoisotopic (exact) mass is 1290 g/mol. The van der Waals surface area contributed by atoms with Crippen molar-refractivity contribution in [3.63, 3.8) is 0 Å². The lowest BCUT2D eigenvalue weighted by molar-refractivity contribution is -0.148. The number of primary amides is 1. The molecule has 506 valence electrons. The van der Waals surface area contributed by atoms with E-state index in [0.717, 1.165) is 15.5 Å². The Morgan fingerprint density at radius 3 is 2.01 bits per heavy atom. The number of rotatable bonds is 36. The van der Waals surface area contributed by atoms with Crippen LogP contribution >= 0.6 is 11.3 Å². The largest absolute Gasteiger partial charge is 0.431 e. The Balaban J connectivity index is 1.53. The fraction of sp³-hybridized carbons (Fsp3) is 0.631. The first kappa shape index (κ1) is 76.2. The summed E-state index contributed by atoms with van der Waals surface area (Å²) in [5, 5.41) is 16.8. The molecule has 2 heterocycles. The van der Waals surface area contributed by atoms with Gasteiger partial charge in [-0.1, -0.05) is 111 Å². The number of anilines is 1. The van der Waals surface area contributed by atoms with E-state index in [4.69, 9.17) is 31.4 Å². The lowest BCUT2D eigenvalue weighted by atomic mass is 9.89. The van der Waals surface area contributed by atoms with Crippen LogP contribution in [0, 0.1) is 29.6 Å². The molecule has 1 aromatic heterocycles. The quantitative estimate of drug-likeness (QED) is 0.0351. The van der Waals surface area contributed by atoms with Gasteiger partial charge in [0.15, 0.2) is 0 Å². The Labute approximate surface area is 541 Å². The fourth-order valence-corrected chi connectivity index (χ4v) is 12.3. The molecule has 1 aliphatic heterocycles. The van der Waals surface area contributed by atoms with Crippen molar-refractivity contribution in [2.24, 2.45) is 46.8 Å². The molecule has 0 aliphatic carbocycles. The molecule has 3 aromatic rings. The third-order valence-corrected chi connectivity index (χ3v) is 18.0. The van der Waals surface area contributed by atoms with Gasteiger partial charge in [-0.05, 0) is 80.4 Å². The minimum atomic E-state index is -1.55. The number of nitrogens with two attached hydrogens (primary N) is 3. The van der Waals surface area contributed by atoms with Gasteiger partial charge in [0.25, 0.3) is 5.91 Å². The Morgan fingerprint density at radius 2 is 1.46 bits per heavy atom. The summed E-state index contributed by atoms with van der Waals surface area (Å²) in [5.74, 6) is -5.35. The molecule has 1 aliphatic rings. The number of carbonyl (C=O) groups excluding carboxylic acids is 9. The van der Waals surface area contributed by atoms with Gasteiger partial charge in [-0.3, -0.25) is 38.5 Å². The van der Waals surface area contributed by atoms with Gasteiger partial charge < -0.3 is 72.7 Å². The number of likely N-dealkylation sites (N-methyl/N-ethyl adjacent to an activating group) is 3. The molecular weight excluding hydrogens is 1190 g/mol. The van der Waals surface area contributed by atoms with E-state index in [0.29, 0.717) is 38.6 Å². The molecule has 1 fully saturated rings. The minimum absolute atomic E-state index is 0.0940. The van der Waals surface area contributed by atoms with E-state index in [2.05, 4.69) is 31.6 Å². The second-order valence-corrected chi connectivity index (χ2v) is 25.5. The van der Waals surface area contributed by atoms with Crippen LogP contribution < -0.4 is 43.8 Å². The molecule has 25 nitrogen and oxygen atoms in total. The van der Waals surface area contributed by atoms with Gasteiger partial charge >= 0.3 is 12.1 Å². The van der Waals surface area contributed by atoms with Crippen molar-refractivity contribution in [2.75, 3.05) is 66.4 Å². The Bertz CT molecular complexity index is 2810. The van der Waals surface area contributed by atoms with E-state index in [1.165, 1.54) is 54.7 Å². The van der Waals surface area contributed by atoms with Crippen LogP contribution in [0.4, 0.5) is 15.3 Å². The summed E-state index contributed by atoms with van der Waals surface area (Å²) in [5.41, 5.74) is 18.7. The zero-order chi connectivity index (χ0) is 67.8. The Hall–Kier alpha value is -7.26. The average Bonchev–Trinajstić information content (AvgIpc) is 2.01. The Morgan fingerprint density at radius 1 is 0.791 bits per heavy atom. The number of hydrogen-bond acceptors (Lipinski definition) is 16. The van der Waals surface area contributed by atoms with Crippen LogP contribution in [0.5, 0.6) is 0 Å². The summed E-state index contributed by atoms with van der Waals surface area (Å²) in [6.45, 7) is 19.1. The number of thiazole rings is 1. The smallest absolute Gasteiger partial charge is 0.411 e. The zero-order valence-corrected chi connectivity index (χ0v) is 56.6. The molecule has 0 radical (unpaired) electrons. The number of likely N-dealkylation sites (tertiary alicyclic amines) is 1. The highest BCUT2D eigenvalue weighted by Crippen LogP contribution is 2.32. The number of hydrogen-bond donors (Lipinski definition) is 8. The first-order chi connectivity index (χ1) is 43.1. The van der Waals surface area contributed by atoms with Crippen LogP contribution in [0.3, 0.4) is 0 Å². The number of benzene rings is 2. The molecule has 2 unspecified atom stereocenters. The van der Waals surface area contributed by atoms with Crippen molar-refractivity contribution in [1.82, 2.24) is 45.9 Å². The lowest BCUT2D eigenvalue weighted by Crippen LogP contribution is -2.60. The molecule has 12 atom stereocenters. The SMILES string of the molecule is CC[C@H](C)[C@@H]([C@@H](CC(=O)N1CCC[C@H]1[C@H](OC)[C@@H](C)C(=O)NC(Cc1ccccc1)c1nccs1)OC)N(C)C(=O)[C@@H](NC(=O)[C@H](C(C)C)N(C)C(=O)OC(C(=O)N(CC)CCN)c1ccc(NC(=O)[C@H](CCCNC(N)=O)NC(=O)[C@@H](N)C(C)C)cc1)C(C)C. The van der Waals surface area contributed by atoms with Crippen molar-refractivity contribution < 1.29 is 57.4 Å². The molecule has 0 spiro atoms. The molecule has 11 N–H and O–H groups in total. The first-order valence-corrected chi connectivity index (χ1v) is 32.6. The summed E-state index contributed by atoms with van der Waals surface area (Å²) in [4.78, 5) is 136. The number of nitrogens with zero attached hydrogens (tertiary/aromatic N) is 5. The maximum atomic E-state index is 15.0. The maximum absolute atomic E-state index is 15.0. The van der Waals surface area contributed by atoms with E-state index >= 15 is 4.79 Å². The van der Waals surface area contributed by atoms with E-state index in [-0.39, 0.29) is 80.0 Å². The van der Waals surface area contributed by atoms with Crippen molar-refractivity contribution in [1.29, 1.82) is 0 Å². The highest BCUT2D eigenvalue weighted by atomic mass is 32.1. The third kappa shape index (κ3) is 21.7. The van der Waals surface area contributed by atoms with Crippen molar-refractivity contribution >= 4 is 70.5 Å². The summed E-state index contributed by atoms with van der Waals surface area (Å²) < 4.78 is 18.3. The first-order valence-electron chi connectivity index (χ1n) is 31.7. The van der Waals surface area contributed by atoms with Gasteiger partial charge in [-0.25, -0.2) is 14.6 Å². The molecule has 2 aromatic carbocycles. The molecule has 4 rings (SSSR count). The number of amides is 10. The van der Waals surface area contributed by atoms with Crippen LogP contribution in [-0.2, 0) is 54.2 Å². The molecule has 1 saturated heterocycles. The second kappa shape index (κ2) is 37.3. The lowest BCUT2D eigenvalue weighted by Gasteiger charge is -2.41. The minimum Gasteiger partial charge on any atom is -0.431 e. The molecule has 91 heavy (non-hydrogen) atoms. The van der Waals surface area contributed by atoms with E-state index in [1.807, 2.05) is 56.5 Å². The van der Waals surface area contributed by atoms with Gasteiger partial charge in [-0.15, -0.1) is 11.3 Å². The van der Waals surface area contributed by atoms with Gasteiger partial charge in [0.1, 0.15) is 23.1 Å². The maximum Gasteiger partial charge on any atom is 0.411 e. The van der Waals surface area contributed by atoms with Crippen molar-refractivity contribution in [2.45, 2.75) is 175 Å². The van der Waals surface area contributed by atoms with E-state index in [1.54, 1.807) is 78.6 Å². The van der Waals surface area contributed by atoms with Gasteiger partial charge in [0, 0.05) is 83.9 Å². The molecule has 0 bridgehead atoms. The normalized spacial score (nSPS) is 16.8. The van der Waals surface area contributed by atoms with Gasteiger partial charge in [-0.2, -0.15) is 0 Å². The van der Waals surface area contributed by atoms with Crippen LogP contribution in [0.25, 0.3) is 0 Å². The van der Waals surface area contributed by atoms with E-state index in [9.17, 15) is 38.4 Å². The number of urea groups is 1. The summed E-state index contributed by atoms with van der Waals surface area (Å²) in [7, 11) is 6.06. The van der Waals surface area contributed by atoms with Crippen molar-refractivity contribution in [3.8, 4) is 0 Å². The summed E-state index contributed by atoms with van der Waals surface area (Å²) in [6, 6.07) is 9.40. The van der Waals surface area contributed by atoms with Crippen LogP contribution in [0.1, 0.15) is 136 Å². The topological polar surface area (TPSA) is 345 Å². The van der Waals surface area contributed by atoms with Gasteiger partial charge in [0.05, 0.1) is 48.7 Å². The van der Waals surface area contributed by atoms with Crippen LogP contribution in [-0.4, -0.2) is 188 Å². The predicted octanol–water partition coefficient (Wildman–Crippen LogP) is 5.10. The fourth-order valence-electron chi connectivity index (χ4n) is 11.6. The number of methoxy groups -OCH3 is 2. The number of nitrogens with one attached hydrogen (secondary N) is 5. The van der Waals surface area contributed by atoms with Crippen LogP contribution in [0.15, 0.2) is 66.2 Å². The van der Waals surface area contributed by atoms with Crippen molar-refractivity contribution in [3.05, 3.63) is 82.3 Å². The Kier molecular flexibility index (Phi) is 31.2. The number of ether oxygens (including phenoxy) is 3. The highest BCUT2D eigenvalue weighted by Gasteiger charge is 2.44. The average molecular weight is 1290 g/mol. The van der Waals surface area contributed by atoms with Gasteiger partial charge in [0.2, 0.25) is 41.5 Å². The second-order valence-electron chi connectivity index (χ2n) is 24.6. The third-order valence-electron chi connectivity index (χ3n) is 17.1. The molecule has 0 saturated carbocycles.